The van der Waals surface area contributed by atoms with Crippen LogP contribution in [-0.2, 0) is 10.0 Å². The van der Waals surface area contributed by atoms with Crippen LogP contribution < -0.4 is 4.72 Å². The van der Waals surface area contributed by atoms with Gasteiger partial charge in [0.25, 0.3) is 0 Å². The van der Waals surface area contributed by atoms with Crippen LogP contribution in [0.3, 0.4) is 0 Å². The number of hydrogen-bond donors (Lipinski definition) is 1. The minimum Gasteiger partial charge on any atom is -0.210 e. The third kappa shape index (κ3) is 4.76. The zero-order chi connectivity index (χ0) is 16.2. The van der Waals surface area contributed by atoms with E-state index in [1.54, 1.807) is 13.8 Å². The van der Waals surface area contributed by atoms with Crippen molar-refractivity contribution in [2.24, 2.45) is 5.92 Å². The van der Waals surface area contributed by atoms with E-state index in [0.29, 0.717) is 23.6 Å². The molecule has 0 saturated carbocycles. The second-order valence-electron chi connectivity index (χ2n) is 5.31. The summed E-state index contributed by atoms with van der Waals surface area (Å²) in [5.41, 5.74) is 0.849. The third-order valence-corrected chi connectivity index (χ3v) is 6.52. The van der Waals surface area contributed by atoms with Gasteiger partial charge in [-0.1, -0.05) is 42.6 Å². The van der Waals surface area contributed by atoms with Crippen LogP contribution in [0.1, 0.15) is 37.8 Å². The van der Waals surface area contributed by atoms with Gasteiger partial charge in [0.15, 0.2) is 0 Å². The van der Waals surface area contributed by atoms with Gasteiger partial charge in [-0.3, -0.25) is 0 Å². The van der Waals surface area contributed by atoms with E-state index in [1.165, 1.54) is 12.1 Å². The summed E-state index contributed by atoms with van der Waals surface area (Å²) >= 11 is 3.55. The zero-order valence-corrected chi connectivity index (χ0v) is 15.3. The summed E-state index contributed by atoms with van der Waals surface area (Å²) in [6.45, 7) is 7.72. The zero-order valence-electron chi connectivity index (χ0n) is 12.9. The number of aryl methyl sites for hydroxylation is 2. The topological polar surface area (TPSA) is 46.2 Å². The molecule has 0 aromatic heterocycles. The average molecular weight is 380 g/mol. The van der Waals surface area contributed by atoms with Crippen molar-refractivity contribution in [3.63, 3.8) is 0 Å². The quantitative estimate of drug-likeness (QED) is 0.729. The van der Waals surface area contributed by atoms with Gasteiger partial charge in [-0.15, -0.1) is 0 Å². The van der Waals surface area contributed by atoms with Gasteiger partial charge in [-0.05, 0) is 43.0 Å². The lowest BCUT2D eigenvalue weighted by atomic mass is 10.00. The fourth-order valence-corrected chi connectivity index (χ4v) is 5.18. The second-order valence-corrected chi connectivity index (χ2v) is 8.19. The second kappa shape index (κ2) is 7.70. The van der Waals surface area contributed by atoms with Crippen molar-refractivity contribution < 1.29 is 12.8 Å². The molecule has 0 fully saturated rings. The van der Waals surface area contributed by atoms with Gasteiger partial charge in [-0.2, -0.15) is 0 Å². The van der Waals surface area contributed by atoms with Gasteiger partial charge in [0, 0.05) is 11.4 Å². The Kier molecular flexibility index (Phi) is 6.81. The highest BCUT2D eigenvalue weighted by Gasteiger charge is 2.23. The fraction of sp³-hybridized carbons (Fsp3) is 0.600. The molecule has 0 heterocycles. The van der Waals surface area contributed by atoms with Crippen LogP contribution in [0.25, 0.3) is 0 Å². The summed E-state index contributed by atoms with van der Waals surface area (Å²) in [4.78, 5) is 0.261. The minimum absolute atomic E-state index is 0.0864. The number of benzene rings is 1. The lowest BCUT2D eigenvalue weighted by Crippen LogP contribution is -2.33. The van der Waals surface area contributed by atoms with Crippen LogP contribution in [0, 0.1) is 25.6 Å². The highest BCUT2D eigenvalue weighted by atomic mass is 79.9. The number of hydrogen-bond acceptors (Lipinski definition) is 2. The van der Waals surface area contributed by atoms with Gasteiger partial charge in [-0.25, -0.2) is 17.5 Å². The summed E-state index contributed by atoms with van der Waals surface area (Å²) in [6, 6.07) is 2.49. The van der Waals surface area contributed by atoms with E-state index in [0.717, 1.165) is 12.8 Å². The Bertz CT molecular complexity index is 562. The minimum atomic E-state index is -3.63. The molecule has 0 aliphatic heterocycles. The predicted molar refractivity (Wildman–Crippen MR) is 87.8 cm³/mol. The summed E-state index contributed by atoms with van der Waals surface area (Å²) in [5.74, 6) is 0.00228. The first-order chi connectivity index (χ1) is 9.72. The molecule has 0 aliphatic carbocycles. The molecule has 0 bridgehead atoms. The van der Waals surface area contributed by atoms with Crippen molar-refractivity contribution in [3.8, 4) is 0 Å². The van der Waals surface area contributed by atoms with Gasteiger partial charge < -0.3 is 0 Å². The molecule has 0 saturated heterocycles. The van der Waals surface area contributed by atoms with Crippen LogP contribution in [0.2, 0.25) is 0 Å². The summed E-state index contributed by atoms with van der Waals surface area (Å²) in [7, 11) is -3.63. The Morgan fingerprint density at radius 1 is 1.19 bits per heavy atom. The highest BCUT2D eigenvalue weighted by molar-refractivity contribution is 9.09. The maximum Gasteiger partial charge on any atom is 0.241 e. The molecule has 21 heavy (non-hydrogen) atoms. The summed E-state index contributed by atoms with van der Waals surface area (Å²) in [5, 5.41) is 0. The van der Waals surface area contributed by atoms with E-state index < -0.39 is 15.8 Å². The molecule has 1 atom stereocenters. The Hall–Kier alpha value is -0.460. The molecule has 0 aliphatic rings. The van der Waals surface area contributed by atoms with Crippen molar-refractivity contribution in [3.05, 3.63) is 29.1 Å². The first-order valence-corrected chi connectivity index (χ1v) is 9.53. The van der Waals surface area contributed by atoms with E-state index in [9.17, 15) is 12.8 Å². The van der Waals surface area contributed by atoms with E-state index >= 15 is 0 Å². The average Bonchev–Trinajstić information content (AvgIpc) is 2.36. The molecular formula is C15H23BrFNO2S. The van der Waals surface area contributed by atoms with Gasteiger partial charge in [0.2, 0.25) is 10.0 Å². The monoisotopic (exact) mass is 379 g/mol. The lowest BCUT2D eigenvalue weighted by Gasteiger charge is -2.20. The van der Waals surface area contributed by atoms with Gasteiger partial charge >= 0.3 is 0 Å². The van der Waals surface area contributed by atoms with Crippen molar-refractivity contribution >= 4 is 26.0 Å². The van der Waals surface area contributed by atoms with Crippen LogP contribution in [-0.4, -0.2) is 19.8 Å². The molecule has 0 spiro atoms. The molecule has 0 radical (unpaired) electrons. The maximum atomic E-state index is 13.3. The number of nitrogens with one attached hydrogen (secondary N) is 1. The van der Waals surface area contributed by atoms with Crippen LogP contribution >= 0.6 is 15.9 Å². The van der Waals surface area contributed by atoms with Gasteiger partial charge in [0.05, 0.1) is 4.90 Å². The van der Waals surface area contributed by atoms with E-state index in [2.05, 4.69) is 34.5 Å². The first kappa shape index (κ1) is 18.6. The van der Waals surface area contributed by atoms with Crippen LogP contribution in [0.4, 0.5) is 4.39 Å². The molecule has 0 amide bonds. The van der Waals surface area contributed by atoms with E-state index in [1.807, 2.05) is 0 Å². The van der Waals surface area contributed by atoms with Crippen molar-refractivity contribution in [1.82, 2.24) is 4.72 Å². The van der Waals surface area contributed by atoms with Crippen LogP contribution in [0.5, 0.6) is 0 Å². The fourth-order valence-electron chi connectivity index (χ4n) is 2.55. The number of alkyl halides is 1. The SMILES string of the molecule is CCC(CC)C(Br)CNS(=O)(=O)c1c(C)cc(F)cc1C. The lowest BCUT2D eigenvalue weighted by molar-refractivity contribution is 0.471. The Balaban J connectivity index is 2.93. The number of sulfonamides is 1. The summed E-state index contributed by atoms with van der Waals surface area (Å²) in [6.07, 6.45) is 1.98. The smallest absolute Gasteiger partial charge is 0.210 e. The largest absolute Gasteiger partial charge is 0.241 e. The van der Waals surface area contributed by atoms with Crippen molar-refractivity contribution in [1.29, 1.82) is 0 Å². The first-order valence-electron chi connectivity index (χ1n) is 7.13. The number of rotatable bonds is 7. The van der Waals surface area contributed by atoms with Crippen molar-refractivity contribution in [2.45, 2.75) is 50.3 Å². The van der Waals surface area contributed by atoms with Gasteiger partial charge in [0.1, 0.15) is 5.82 Å². The van der Waals surface area contributed by atoms with Crippen molar-refractivity contribution in [2.75, 3.05) is 6.54 Å². The number of halogens is 2. The molecule has 1 rings (SSSR count). The molecule has 1 N–H and O–H groups in total. The standard InChI is InChI=1S/C15H23BrFNO2S/c1-5-12(6-2)14(16)9-18-21(19,20)15-10(3)7-13(17)8-11(15)4/h7-8,12,14,18H,5-6,9H2,1-4H3. The van der Waals surface area contributed by atoms with Crippen LogP contribution in [0.15, 0.2) is 17.0 Å². The maximum absolute atomic E-state index is 13.3. The summed E-state index contributed by atoms with van der Waals surface area (Å²) < 4.78 is 40.8. The Morgan fingerprint density at radius 3 is 2.10 bits per heavy atom. The molecular weight excluding hydrogens is 357 g/mol. The third-order valence-electron chi connectivity index (χ3n) is 3.72. The predicted octanol–water partition coefficient (Wildman–Crippen LogP) is 3.92. The Morgan fingerprint density at radius 2 is 1.67 bits per heavy atom. The molecule has 120 valence electrons. The Labute approximate surface area is 135 Å². The molecule has 1 aromatic rings. The van der Waals surface area contributed by atoms with E-state index in [-0.39, 0.29) is 9.72 Å². The molecule has 6 heteroatoms. The molecule has 3 nitrogen and oxygen atoms in total. The highest BCUT2D eigenvalue weighted by Crippen LogP contribution is 2.23. The normalized spacial score (nSPS) is 13.7. The molecule has 1 aromatic carbocycles. The molecule has 1 unspecified atom stereocenters. The van der Waals surface area contributed by atoms with E-state index in [4.69, 9.17) is 0 Å².